The number of methoxy groups -OCH3 is 1. The lowest BCUT2D eigenvalue weighted by Crippen LogP contribution is -2.49. The lowest BCUT2D eigenvalue weighted by Gasteiger charge is -2.34. The molecule has 0 saturated heterocycles. The lowest BCUT2D eigenvalue weighted by molar-refractivity contribution is -0.128. The fraction of sp³-hybridized carbons (Fsp3) is 0.357. The summed E-state index contributed by atoms with van der Waals surface area (Å²) in [6, 6.07) is 15.0. The van der Waals surface area contributed by atoms with E-state index in [0.29, 0.717) is 22.8 Å². The predicted molar refractivity (Wildman–Crippen MR) is 141 cm³/mol. The molecule has 3 amide bonds. The molecule has 0 fully saturated rings. The molecule has 0 aliphatic heterocycles. The van der Waals surface area contributed by atoms with Crippen molar-refractivity contribution in [3.8, 4) is 5.75 Å². The van der Waals surface area contributed by atoms with E-state index in [-0.39, 0.29) is 36.4 Å². The van der Waals surface area contributed by atoms with Crippen LogP contribution >= 0.6 is 0 Å². The van der Waals surface area contributed by atoms with E-state index in [1.165, 1.54) is 4.90 Å². The van der Waals surface area contributed by atoms with Gasteiger partial charge in [0.2, 0.25) is 17.7 Å². The molecular formula is C28H34N4O5. The summed E-state index contributed by atoms with van der Waals surface area (Å²) in [7, 11) is 1.56. The van der Waals surface area contributed by atoms with Crippen LogP contribution in [-0.4, -0.2) is 35.5 Å². The minimum Gasteiger partial charge on any atom is -0.497 e. The van der Waals surface area contributed by atoms with Gasteiger partial charge in [-0.05, 0) is 70.0 Å². The van der Waals surface area contributed by atoms with Crippen LogP contribution in [-0.2, 0) is 14.4 Å². The minimum atomic E-state index is -0.972. The Morgan fingerprint density at radius 1 is 1.03 bits per heavy atom. The van der Waals surface area contributed by atoms with Gasteiger partial charge in [-0.3, -0.25) is 19.3 Å². The maximum absolute atomic E-state index is 13.7. The number of hydrogen-bond acceptors (Lipinski definition) is 6. The molecule has 3 rings (SSSR count). The van der Waals surface area contributed by atoms with Crippen molar-refractivity contribution < 1.29 is 23.6 Å². The van der Waals surface area contributed by atoms with Crippen molar-refractivity contribution >= 4 is 29.2 Å². The molecule has 37 heavy (non-hydrogen) atoms. The Kier molecular flexibility index (Phi) is 8.70. The first kappa shape index (κ1) is 27.4. The predicted octanol–water partition coefficient (Wildman–Crippen LogP) is 4.71. The second-order valence-corrected chi connectivity index (χ2v) is 9.89. The van der Waals surface area contributed by atoms with Crippen molar-refractivity contribution in [3.05, 3.63) is 71.5 Å². The van der Waals surface area contributed by atoms with Gasteiger partial charge in [0.05, 0.1) is 7.11 Å². The van der Waals surface area contributed by atoms with Gasteiger partial charge in [-0.1, -0.05) is 29.4 Å². The summed E-state index contributed by atoms with van der Waals surface area (Å²) in [5.74, 6) is 0.380. The Morgan fingerprint density at radius 3 is 2.30 bits per heavy atom. The van der Waals surface area contributed by atoms with Crippen LogP contribution in [0.15, 0.2) is 59.1 Å². The molecule has 0 radical (unpaired) electrons. The topological polar surface area (TPSA) is 114 Å². The Hall–Kier alpha value is -4.14. The lowest BCUT2D eigenvalue weighted by atomic mass is 9.99. The largest absolute Gasteiger partial charge is 0.497 e. The Morgan fingerprint density at radius 2 is 1.73 bits per heavy atom. The van der Waals surface area contributed by atoms with E-state index >= 15 is 0 Å². The molecule has 2 N–H and O–H groups in total. The van der Waals surface area contributed by atoms with Crippen LogP contribution in [0.5, 0.6) is 5.75 Å². The van der Waals surface area contributed by atoms with Crippen LogP contribution in [0.1, 0.15) is 56.5 Å². The molecular weight excluding hydrogens is 472 g/mol. The molecule has 196 valence electrons. The van der Waals surface area contributed by atoms with Crippen molar-refractivity contribution in [2.75, 3.05) is 17.3 Å². The normalized spacial score (nSPS) is 11.9. The molecule has 9 heteroatoms. The van der Waals surface area contributed by atoms with Crippen LogP contribution in [0.2, 0.25) is 0 Å². The number of benzene rings is 2. The van der Waals surface area contributed by atoms with Gasteiger partial charge in [-0.25, -0.2) is 0 Å². The Bertz CT molecular complexity index is 1240. The van der Waals surface area contributed by atoms with Crippen molar-refractivity contribution in [2.24, 2.45) is 0 Å². The zero-order valence-corrected chi connectivity index (χ0v) is 22.1. The van der Waals surface area contributed by atoms with E-state index in [9.17, 15) is 14.4 Å². The van der Waals surface area contributed by atoms with Crippen molar-refractivity contribution in [2.45, 2.75) is 59.0 Å². The Balaban J connectivity index is 1.96. The van der Waals surface area contributed by atoms with Gasteiger partial charge in [-0.15, -0.1) is 0 Å². The highest BCUT2D eigenvalue weighted by atomic mass is 16.5. The van der Waals surface area contributed by atoms with E-state index in [1.807, 2.05) is 45.9 Å². The SMILES string of the molecule is COc1ccc([C@H](C(=O)NC(C)(C)C)N(C(=O)CCC(=O)Nc2cc(C)on2)c2cccc(C)c2)cc1. The van der Waals surface area contributed by atoms with Gasteiger partial charge in [0.1, 0.15) is 17.6 Å². The van der Waals surface area contributed by atoms with Gasteiger partial charge in [0.25, 0.3) is 0 Å². The number of carbonyl (C=O) groups is 3. The number of carbonyl (C=O) groups excluding carboxylic acids is 3. The van der Waals surface area contributed by atoms with Gasteiger partial charge >= 0.3 is 0 Å². The van der Waals surface area contributed by atoms with E-state index in [2.05, 4.69) is 15.8 Å². The van der Waals surface area contributed by atoms with Crippen molar-refractivity contribution in [1.29, 1.82) is 0 Å². The fourth-order valence-corrected chi connectivity index (χ4v) is 3.83. The second-order valence-electron chi connectivity index (χ2n) is 9.89. The van der Waals surface area contributed by atoms with Crippen LogP contribution in [0, 0.1) is 13.8 Å². The van der Waals surface area contributed by atoms with Crippen molar-refractivity contribution in [1.82, 2.24) is 10.5 Å². The molecule has 1 atom stereocenters. The number of hydrogen-bond donors (Lipinski definition) is 2. The van der Waals surface area contributed by atoms with Crippen molar-refractivity contribution in [3.63, 3.8) is 0 Å². The molecule has 0 bridgehead atoms. The summed E-state index contributed by atoms with van der Waals surface area (Å²) in [6.45, 7) is 9.27. The zero-order chi connectivity index (χ0) is 27.2. The van der Waals surface area contributed by atoms with E-state index in [1.54, 1.807) is 50.4 Å². The molecule has 0 spiro atoms. The monoisotopic (exact) mass is 506 g/mol. The quantitative estimate of drug-likeness (QED) is 0.435. The summed E-state index contributed by atoms with van der Waals surface area (Å²) >= 11 is 0. The highest BCUT2D eigenvalue weighted by Crippen LogP contribution is 2.31. The first-order valence-electron chi connectivity index (χ1n) is 12.0. The number of ether oxygens (including phenoxy) is 1. The maximum Gasteiger partial charge on any atom is 0.248 e. The minimum absolute atomic E-state index is 0.0940. The number of nitrogens with one attached hydrogen (secondary N) is 2. The van der Waals surface area contributed by atoms with E-state index in [4.69, 9.17) is 9.26 Å². The fourth-order valence-electron chi connectivity index (χ4n) is 3.83. The second kappa shape index (κ2) is 11.7. The zero-order valence-electron chi connectivity index (χ0n) is 22.1. The van der Waals surface area contributed by atoms with Crippen LogP contribution in [0.4, 0.5) is 11.5 Å². The third-order valence-electron chi connectivity index (χ3n) is 5.45. The third-order valence-corrected chi connectivity index (χ3v) is 5.45. The first-order valence-corrected chi connectivity index (χ1v) is 12.0. The summed E-state index contributed by atoms with van der Waals surface area (Å²) in [5.41, 5.74) is 1.57. The summed E-state index contributed by atoms with van der Waals surface area (Å²) in [4.78, 5) is 41.4. The van der Waals surface area contributed by atoms with E-state index < -0.39 is 11.6 Å². The molecule has 1 heterocycles. The summed E-state index contributed by atoms with van der Waals surface area (Å²) in [6.07, 6.45) is -0.213. The third kappa shape index (κ3) is 7.67. The number of anilines is 2. The number of nitrogens with zero attached hydrogens (tertiary/aromatic N) is 2. The number of rotatable bonds is 9. The smallest absolute Gasteiger partial charge is 0.248 e. The average Bonchev–Trinajstić information content (AvgIpc) is 3.24. The highest BCUT2D eigenvalue weighted by molar-refractivity contribution is 6.03. The molecule has 0 aliphatic carbocycles. The van der Waals surface area contributed by atoms with Crippen LogP contribution in [0.25, 0.3) is 0 Å². The number of amides is 3. The standard InChI is InChI=1S/C28H34N4O5/c1-18-8-7-9-21(16-18)32(25(34)15-14-24(33)29-23-17-19(2)37-31-23)26(27(35)30-28(3,4)5)20-10-12-22(36-6)13-11-20/h7-13,16-17,26H,14-15H2,1-6H3,(H,30,35)(H,29,31,33)/t26-/m1/s1. The molecule has 2 aromatic carbocycles. The van der Waals surface area contributed by atoms with Crippen LogP contribution < -0.4 is 20.3 Å². The first-order chi connectivity index (χ1) is 17.5. The number of aryl methyl sites for hydroxylation is 2. The maximum atomic E-state index is 13.7. The van der Waals surface area contributed by atoms with Gasteiger partial charge in [-0.2, -0.15) is 0 Å². The molecule has 0 unspecified atom stereocenters. The Labute approximate surface area is 217 Å². The van der Waals surface area contributed by atoms with E-state index in [0.717, 1.165) is 5.56 Å². The molecule has 1 aromatic heterocycles. The average molecular weight is 507 g/mol. The molecule has 0 saturated carbocycles. The van der Waals surface area contributed by atoms with Gasteiger partial charge in [0.15, 0.2) is 5.82 Å². The summed E-state index contributed by atoms with van der Waals surface area (Å²) in [5, 5.41) is 9.38. The van der Waals surface area contributed by atoms with Gasteiger partial charge < -0.3 is 19.9 Å². The summed E-state index contributed by atoms with van der Waals surface area (Å²) < 4.78 is 10.2. The molecule has 9 nitrogen and oxygen atoms in total. The highest BCUT2D eigenvalue weighted by Gasteiger charge is 2.34. The number of aromatic nitrogens is 1. The van der Waals surface area contributed by atoms with Crippen LogP contribution in [0.3, 0.4) is 0 Å². The molecule has 3 aromatic rings. The van der Waals surface area contributed by atoms with Gasteiger partial charge in [0, 0.05) is 30.1 Å². The molecule has 0 aliphatic rings.